The summed E-state index contributed by atoms with van der Waals surface area (Å²) in [7, 11) is -1.70. The maximum absolute atomic E-state index is 14.2. The normalized spacial score (nSPS) is 12.1. The van der Waals surface area contributed by atoms with Gasteiger partial charge >= 0.3 is 6.01 Å². The van der Waals surface area contributed by atoms with E-state index in [1.165, 1.54) is 38.5 Å². The van der Waals surface area contributed by atoms with E-state index in [1.54, 1.807) is 0 Å². The molecule has 2 N–H and O–H groups in total. The average molecular weight is 368 g/mol. The number of halogens is 1. The molecule has 2 rings (SSSR count). The minimum absolute atomic E-state index is 0.100. The smallest absolute Gasteiger partial charge is 0.328 e. The van der Waals surface area contributed by atoms with Gasteiger partial charge < -0.3 is 14.2 Å². The highest BCUT2D eigenvalue weighted by molar-refractivity contribution is 7.89. The molecule has 2 aromatic rings. The summed E-state index contributed by atoms with van der Waals surface area (Å²) in [4.78, 5) is 7.78. The number of aromatic nitrogens is 2. The van der Waals surface area contributed by atoms with E-state index in [9.17, 15) is 12.8 Å². The van der Waals surface area contributed by atoms with Gasteiger partial charge in [-0.25, -0.2) is 17.9 Å². The van der Waals surface area contributed by atoms with Crippen molar-refractivity contribution in [2.75, 3.05) is 14.2 Å². The second-order valence-corrected chi connectivity index (χ2v) is 6.24. The number of benzene rings is 1. The van der Waals surface area contributed by atoms with Crippen molar-refractivity contribution in [1.82, 2.24) is 9.97 Å². The van der Waals surface area contributed by atoms with E-state index < -0.39 is 26.7 Å². The van der Waals surface area contributed by atoms with Crippen LogP contribution < -0.4 is 19.3 Å². The monoisotopic (exact) mass is 368 g/mol. The van der Waals surface area contributed by atoms with Crippen LogP contribution in [0.15, 0.2) is 24.3 Å². The summed E-state index contributed by atoms with van der Waals surface area (Å²) in [6.45, 7) is 0. The summed E-state index contributed by atoms with van der Waals surface area (Å²) in [6, 6.07) is 6.02. The van der Waals surface area contributed by atoms with Gasteiger partial charge in [0.1, 0.15) is 11.6 Å². The zero-order valence-corrected chi connectivity index (χ0v) is 13.9. The largest absolute Gasteiger partial charge is 0.481 e. The predicted molar refractivity (Wildman–Crippen MR) is 83.1 cm³/mol. The van der Waals surface area contributed by atoms with E-state index in [1.807, 2.05) is 0 Å². The molecule has 0 saturated heterocycles. The third-order valence-corrected chi connectivity index (χ3v) is 4.00. The number of rotatable bonds is 6. The molecule has 1 unspecified atom stereocenters. The molecule has 9 nitrogen and oxygen atoms in total. The van der Waals surface area contributed by atoms with Gasteiger partial charge in [-0.2, -0.15) is 15.2 Å². The number of nitriles is 1. The highest BCUT2D eigenvalue weighted by Crippen LogP contribution is 2.34. The lowest BCUT2D eigenvalue weighted by Gasteiger charge is -2.14. The summed E-state index contributed by atoms with van der Waals surface area (Å²) in [5.41, 5.74) is -0.544. The van der Waals surface area contributed by atoms with Gasteiger partial charge in [0.2, 0.25) is 21.8 Å². The highest BCUT2D eigenvalue weighted by atomic mass is 32.2. The van der Waals surface area contributed by atoms with Crippen molar-refractivity contribution in [3.63, 3.8) is 0 Å². The second-order valence-electron chi connectivity index (χ2n) is 4.59. The van der Waals surface area contributed by atoms with E-state index >= 15 is 0 Å². The van der Waals surface area contributed by atoms with Crippen molar-refractivity contribution >= 4 is 10.0 Å². The first-order valence-electron chi connectivity index (χ1n) is 6.64. The van der Waals surface area contributed by atoms with Crippen LogP contribution in [-0.2, 0) is 10.0 Å². The van der Waals surface area contributed by atoms with Crippen molar-refractivity contribution < 1.29 is 27.0 Å². The zero-order chi connectivity index (χ0) is 18.6. The van der Waals surface area contributed by atoms with Gasteiger partial charge in [-0.1, -0.05) is 6.07 Å². The number of sulfonamides is 1. The van der Waals surface area contributed by atoms with Crippen molar-refractivity contribution in [2.45, 2.75) is 5.25 Å². The Morgan fingerprint density at radius 1 is 1.24 bits per heavy atom. The molecule has 1 heterocycles. The summed E-state index contributed by atoms with van der Waals surface area (Å²) in [5.74, 6) is -1.06. The molecule has 1 aromatic carbocycles. The van der Waals surface area contributed by atoms with Gasteiger partial charge in [0.15, 0.2) is 5.25 Å². The second kappa shape index (κ2) is 7.29. The van der Waals surface area contributed by atoms with E-state index in [2.05, 4.69) is 9.97 Å². The summed E-state index contributed by atoms with van der Waals surface area (Å²) >= 11 is 0. The molecule has 0 bridgehead atoms. The molecule has 25 heavy (non-hydrogen) atoms. The van der Waals surface area contributed by atoms with Gasteiger partial charge in [-0.05, 0) is 12.1 Å². The Bertz CT molecular complexity index is 907. The van der Waals surface area contributed by atoms with E-state index in [0.717, 1.165) is 6.07 Å². The minimum Gasteiger partial charge on any atom is -0.481 e. The maximum atomic E-state index is 14.2. The predicted octanol–water partition coefficient (Wildman–Crippen LogP) is 1.28. The number of nitrogens with two attached hydrogens (primary N) is 1. The lowest BCUT2D eigenvalue weighted by Crippen LogP contribution is -2.22. The number of methoxy groups -OCH3 is 2. The molecule has 1 aromatic heterocycles. The molecule has 0 radical (unpaired) electrons. The molecule has 0 saturated carbocycles. The molecule has 132 valence electrons. The van der Waals surface area contributed by atoms with Crippen LogP contribution in [0, 0.1) is 17.1 Å². The fourth-order valence-electron chi connectivity index (χ4n) is 1.90. The molecule has 0 aliphatic carbocycles. The van der Waals surface area contributed by atoms with E-state index in [-0.39, 0.29) is 23.5 Å². The van der Waals surface area contributed by atoms with Crippen LogP contribution in [0.25, 0.3) is 0 Å². The van der Waals surface area contributed by atoms with Crippen LogP contribution in [0.2, 0.25) is 0 Å². The Hall–Kier alpha value is -2.97. The van der Waals surface area contributed by atoms with Gasteiger partial charge in [-0.3, -0.25) is 0 Å². The Morgan fingerprint density at radius 2 is 1.84 bits per heavy atom. The lowest BCUT2D eigenvalue weighted by atomic mass is 10.1. The third kappa shape index (κ3) is 4.11. The molecular weight excluding hydrogens is 355 g/mol. The molecule has 0 aliphatic heterocycles. The molecular formula is C14H13FN4O5S. The van der Waals surface area contributed by atoms with Crippen molar-refractivity contribution in [1.29, 1.82) is 5.26 Å². The van der Waals surface area contributed by atoms with Crippen molar-refractivity contribution in [3.8, 4) is 29.6 Å². The quantitative estimate of drug-likeness (QED) is 0.805. The summed E-state index contributed by atoms with van der Waals surface area (Å²) in [5, 5.41) is 12.1. The van der Waals surface area contributed by atoms with Gasteiger partial charge in [0, 0.05) is 0 Å². The lowest BCUT2D eigenvalue weighted by molar-refractivity contribution is 0.346. The van der Waals surface area contributed by atoms with Crippen LogP contribution in [-0.4, -0.2) is 32.6 Å². The fraction of sp³-hybridized carbons (Fsp3) is 0.214. The number of hydrogen-bond donors (Lipinski definition) is 1. The standard InChI is InChI=1S/C14H13FN4O5S/c1-22-11-6-12(23-2)19-14(18-11)24-9-5-3-4-8(15)13(9)10(7-16)25(17,20)21/h3-6,10H,1-2H3,(H2,17,20,21). The van der Waals surface area contributed by atoms with Crippen LogP contribution in [0.4, 0.5) is 4.39 Å². The summed E-state index contributed by atoms with van der Waals surface area (Å²) < 4.78 is 52.6. The zero-order valence-electron chi connectivity index (χ0n) is 13.1. The van der Waals surface area contributed by atoms with E-state index in [0.29, 0.717) is 0 Å². The third-order valence-electron chi connectivity index (χ3n) is 3.00. The number of nitrogens with zero attached hydrogens (tertiary/aromatic N) is 3. The van der Waals surface area contributed by atoms with E-state index in [4.69, 9.17) is 24.6 Å². The number of hydrogen-bond acceptors (Lipinski definition) is 8. The SMILES string of the molecule is COc1cc(OC)nc(Oc2cccc(F)c2C(C#N)S(N)(=O)=O)n1. The van der Waals surface area contributed by atoms with Crippen molar-refractivity contribution in [3.05, 3.63) is 35.6 Å². The number of ether oxygens (including phenoxy) is 3. The molecule has 0 fully saturated rings. The fourth-order valence-corrected chi connectivity index (χ4v) is 2.60. The Labute approximate surface area is 142 Å². The molecule has 0 aliphatic rings. The Balaban J connectivity index is 2.55. The Kier molecular flexibility index (Phi) is 5.35. The van der Waals surface area contributed by atoms with Gasteiger partial charge in [0.05, 0.1) is 31.9 Å². The van der Waals surface area contributed by atoms with Gasteiger partial charge in [-0.15, -0.1) is 0 Å². The van der Waals surface area contributed by atoms with Crippen LogP contribution >= 0.6 is 0 Å². The first-order chi connectivity index (χ1) is 11.8. The first kappa shape index (κ1) is 18.4. The average Bonchev–Trinajstić information content (AvgIpc) is 2.56. The maximum Gasteiger partial charge on any atom is 0.328 e. The van der Waals surface area contributed by atoms with Crippen LogP contribution in [0.5, 0.6) is 23.5 Å². The Morgan fingerprint density at radius 3 is 2.32 bits per heavy atom. The number of primary sulfonamides is 1. The highest BCUT2D eigenvalue weighted by Gasteiger charge is 2.30. The molecule has 0 amide bonds. The minimum atomic E-state index is -4.40. The van der Waals surface area contributed by atoms with Crippen molar-refractivity contribution in [2.24, 2.45) is 5.14 Å². The van der Waals surface area contributed by atoms with Gasteiger partial charge in [0.25, 0.3) is 0 Å². The first-order valence-corrected chi connectivity index (χ1v) is 8.25. The van der Waals surface area contributed by atoms with Crippen LogP contribution in [0.3, 0.4) is 0 Å². The van der Waals surface area contributed by atoms with Crippen LogP contribution in [0.1, 0.15) is 10.8 Å². The molecule has 0 spiro atoms. The molecule has 11 heteroatoms. The topological polar surface area (TPSA) is 137 Å². The molecule has 1 atom stereocenters. The summed E-state index contributed by atoms with van der Waals surface area (Å²) in [6.07, 6.45) is 0.